The van der Waals surface area contributed by atoms with Crippen LogP contribution >= 0.6 is 0 Å². The maximum atomic E-state index is 12.4. The molecule has 0 aliphatic carbocycles. The third-order valence-electron chi connectivity index (χ3n) is 5.75. The van der Waals surface area contributed by atoms with Gasteiger partial charge in [-0.25, -0.2) is 14.8 Å². The highest BCUT2D eigenvalue weighted by molar-refractivity contribution is 5.88. The van der Waals surface area contributed by atoms with Crippen molar-refractivity contribution in [1.82, 2.24) is 9.96 Å². The van der Waals surface area contributed by atoms with Crippen LogP contribution < -0.4 is 16.8 Å². The number of aliphatic hydroxyl groups is 2. The number of anilines is 1. The minimum Gasteiger partial charge on any atom is -0.441 e. The second-order valence-electron chi connectivity index (χ2n) is 7.35. The van der Waals surface area contributed by atoms with Crippen LogP contribution in [-0.2, 0) is 4.74 Å². The van der Waals surface area contributed by atoms with E-state index in [1.165, 1.54) is 11.8 Å². The summed E-state index contributed by atoms with van der Waals surface area (Å²) in [5.74, 6) is -0.308. The highest BCUT2D eigenvalue weighted by atomic mass is 16.6. The molecule has 5 unspecified atom stereocenters. The van der Waals surface area contributed by atoms with Crippen molar-refractivity contribution in [3.63, 3.8) is 0 Å². The molecule has 1 spiro atoms. The summed E-state index contributed by atoms with van der Waals surface area (Å²) < 4.78 is 5.48. The van der Waals surface area contributed by atoms with E-state index in [0.717, 1.165) is 0 Å². The number of aliphatic imine (C=N–C) groups is 2. The number of nitrogens with one attached hydrogen (secondary N) is 1. The van der Waals surface area contributed by atoms with Crippen molar-refractivity contribution in [2.24, 2.45) is 21.5 Å². The van der Waals surface area contributed by atoms with Crippen LogP contribution in [0, 0.1) is 0 Å². The first-order chi connectivity index (χ1) is 13.7. The molecule has 1 saturated heterocycles. The molecule has 3 aliphatic heterocycles. The van der Waals surface area contributed by atoms with Crippen LogP contribution in [0.5, 0.6) is 0 Å². The first-order valence-corrected chi connectivity index (χ1v) is 9.02. The van der Waals surface area contributed by atoms with E-state index >= 15 is 0 Å². The predicted octanol–water partition coefficient (Wildman–Crippen LogP) is -1.56. The number of amides is 1. The summed E-state index contributed by atoms with van der Waals surface area (Å²) in [7, 11) is 0. The molecule has 29 heavy (non-hydrogen) atoms. The number of nitrogens with two attached hydrogens (primary N) is 2. The number of carbonyl (C=O) groups is 1. The summed E-state index contributed by atoms with van der Waals surface area (Å²) in [6.45, 7) is 0.894. The van der Waals surface area contributed by atoms with Crippen molar-refractivity contribution in [3.8, 4) is 0 Å². The number of aliphatic hydroxyl groups excluding tert-OH is 1. The van der Waals surface area contributed by atoms with Crippen LogP contribution in [0.1, 0.15) is 6.92 Å². The third-order valence-corrected chi connectivity index (χ3v) is 5.75. The summed E-state index contributed by atoms with van der Waals surface area (Å²) in [5.41, 5.74) is 8.82. The molecule has 0 aromatic heterocycles. The molecule has 0 saturated carbocycles. The van der Waals surface area contributed by atoms with E-state index in [1.807, 2.05) is 0 Å². The fourth-order valence-corrected chi connectivity index (χ4v) is 4.39. The molecule has 0 radical (unpaired) electrons. The number of benzene rings is 1. The largest absolute Gasteiger partial charge is 0.441 e. The second-order valence-corrected chi connectivity index (χ2v) is 7.35. The minimum absolute atomic E-state index is 0.0425. The van der Waals surface area contributed by atoms with E-state index in [1.54, 1.807) is 30.3 Å². The van der Waals surface area contributed by atoms with Crippen molar-refractivity contribution >= 4 is 23.7 Å². The number of hydrogen-bond acceptors (Lipinski definition) is 11. The third kappa shape index (κ3) is 2.53. The Hall–Kier alpha value is -3.09. The first-order valence-electron chi connectivity index (χ1n) is 9.02. The Morgan fingerprint density at radius 1 is 1.31 bits per heavy atom. The van der Waals surface area contributed by atoms with E-state index < -0.39 is 42.2 Å². The molecule has 0 bridgehead atoms. The zero-order valence-electron chi connectivity index (χ0n) is 15.6. The van der Waals surface area contributed by atoms with Crippen molar-refractivity contribution < 1.29 is 25.0 Å². The molecule has 3 aliphatic rings. The molecule has 12 nitrogen and oxygen atoms in total. The summed E-state index contributed by atoms with van der Waals surface area (Å²) in [6.07, 6.45) is -1.91. The van der Waals surface area contributed by atoms with Crippen LogP contribution in [0.2, 0.25) is 0 Å². The summed E-state index contributed by atoms with van der Waals surface area (Å²) in [6, 6.07) is 6.89. The number of rotatable bonds is 3. The Balaban J connectivity index is 1.66. The summed E-state index contributed by atoms with van der Waals surface area (Å²) in [4.78, 5) is 22.2. The fraction of sp³-hybridized carbons (Fsp3) is 0.471. The van der Waals surface area contributed by atoms with Crippen LogP contribution in [0.3, 0.4) is 0 Å². The molecule has 1 amide bonds. The normalized spacial score (nSPS) is 35.5. The van der Waals surface area contributed by atoms with Gasteiger partial charge in [-0.15, -0.1) is 0 Å². The first kappa shape index (κ1) is 19.2. The average molecular weight is 405 g/mol. The molecule has 8 N–H and O–H groups in total. The Kier molecular flexibility index (Phi) is 4.29. The molecule has 1 aromatic carbocycles. The van der Waals surface area contributed by atoms with E-state index in [2.05, 4.69) is 15.3 Å². The Labute approximate surface area is 166 Å². The van der Waals surface area contributed by atoms with Gasteiger partial charge in [0.15, 0.2) is 12.1 Å². The molecular formula is C17H23N7O5. The van der Waals surface area contributed by atoms with Crippen LogP contribution in [0.25, 0.3) is 0 Å². The second kappa shape index (κ2) is 6.47. The van der Waals surface area contributed by atoms with Gasteiger partial charge in [-0.3, -0.25) is 10.5 Å². The Bertz CT molecular complexity index is 876. The molecule has 3 heterocycles. The van der Waals surface area contributed by atoms with Gasteiger partial charge in [-0.05, 0) is 19.1 Å². The highest BCUT2D eigenvalue weighted by Crippen LogP contribution is 2.50. The lowest BCUT2D eigenvalue weighted by Crippen LogP contribution is -2.76. The lowest BCUT2D eigenvalue weighted by atomic mass is 9.79. The van der Waals surface area contributed by atoms with Gasteiger partial charge >= 0.3 is 6.09 Å². The Morgan fingerprint density at radius 3 is 2.66 bits per heavy atom. The maximum absolute atomic E-state index is 12.4. The molecular weight excluding hydrogens is 382 g/mol. The SMILES string of the molecule is CC1(O)C(OC(=O)Nc2ccccc2)CN2C(N)=NC(CO)C3N=C(N)N(O)C321. The van der Waals surface area contributed by atoms with E-state index in [9.17, 15) is 20.2 Å². The summed E-state index contributed by atoms with van der Waals surface area (Å²) >= 11 is 0. The smallest absolute Gasteiger partial charge is 0.412 e. The molecule has 12 heteroatoms. The van der Waals surface area contributed by atoms with Crippen molar-refractivity contribution in [1.29, 1.82) is 0 Å². The molecule has 5 atom stereocenters. The van der Waals surface area contributed by atoms with E-state index in [4.69, 9.17) is 16.2 Å². The monoisotopic (exact) mass is 405 g/mol. The topological polar surface area (TPSA) is 182 Å². The lowest BCUT2D eigenvalue weighted by Gasteiger charge is -2.51. The van der Waals surface area contributed by atoms with Crippen molar-refractivity contribution in [2.45, 2.75) is 36.4 Å². The molecule has 1 aromatic rings. The van der Waals surface area contributed by atoms with E-state index in [-0.39, 0.29) is 18.5 Å². The quantitative estimate of drug-likeness (QED) is 0.346. The number of guanidine groups is 2. The average Bonchev–Trinajstić information content (AvgIpc) is 3.08. The number of hydroxylamine groups is 2. The fourth-order valence-electron chi connectivity index (χ4n) is 4.39. The number of para-hydroxylation sites is 1. The number of hydrogen-bond donors (Lipinski definition) is 6. The van der Waals surface area contributed by atoms with Crippen LogP contribution in [0.4, 0.5) is 10.5 Å². The number of carbonyl (C=O) groups excluding carboxylic acids is 1. The van der Waals surface area contributed by atoms with Gasteiger partial charge < -0.3 is 31.3 Å². The lowest BCUT2D eigenvalue weighted by molar-refractivity contribution is -0.228. The minimum atomic E-state index is -1.88. The van der Waals surface area contributed by atoms with Gasteiger partial charge in [-0.2, -0.15) is 5.06 Å². The zero-order valence-corrected chi connectivity index (χ0v) is 15.6. The van der Waals surface area contributed by atoms with Gasteiger partial charge in [0.2, 0.25) is 11.6 Å². The van der Waals surface area contributed by atoms with Gasteiger partial charge in [0, 0.05) is 5.69 Å². The molecule has 156 valence electrons. The van der Waals surface area contributed by atoms with Gasteiger partial charge in [0.1, 0.15) is 17.7 Å². The summed E-state index contributed by atoms with van der Waals surface area (Å²) in [5, 5.41) is 35.1. The van der Waals surface area contributed by atoms with Gasteiger partial charge in [-0.1, -0.05) is 18.2 Å². The molecule has 1 fully saturated rings. The maximum Gasteiger partial charge on any atom is 0.412 e. The van der Waals surface area contributed by atoms with Crippen LogP contribution in [0.15, 0.2) is 40.3 Å². The Morgan fingerprint density at radius 2 is 2.00 bits per heavy atom. The highest BCUT2D eigenvalue weighted by Gasteiger charge is 2.75. The van der Waals surface area contributed by atoms with Crippen molar-refractivity contribution in [2.75, 3.05) is 18.5 Å². The van der Waals surface area contributed by atoms with Crippen LogP contribution in [-0.4, -0.2) is 86.0 Å². The van der Waals surface area contributed by atoms with Gasteiger partial charge in [0.25, 0.3) is 0 Å². The standard InChI is InChI=1S/C17H23N7O5/c1-16(27)11(29-15(26)20-9-5-3-2-4-6-9)7-23-13(18)21-10(8-25)12-17(16,23)24(28)14(19)22-12/h2-6,10-12,25,27-28H,7-8H2,1H3,(H2,18,21)(H2,19,22)(H,20,26). The molecule has 4 rings (SSSR count). The number of ether oxygens (including phenoxy) is 1. The van der Waals surface area contributed by atoms with E-state index in [0.29, 0.717) is 10.8 Å². The number of nitrogens with zero attached hydrogens (tertiary/aromatic N) is 4. The zero-order chi connectivity index (χ0) is 21.0. The van der Waals surface area contributed by atoms with Crippen molar-refractivity contribution in [3.05, 3.63) is 30.3 Å². The predicted molar refractivity (Wildman–Crippen MR) is 102 cm³/mol. The van der Waals surface area contributed by atoms with Gasteiger partial charge in [0.05, 0.1) is 13.2 Å².